The third-order valence-corrected chi connectivity index (χ3v) is 5.64. The van der Waals surface area contributed by atoms with Gasteiger partial charge < -0.3 is 20.7 Å². The SMILES string of the molecule is COc1cccc(-c2cccc3nc(Nc4ccc(C(=O)NCCNc5ccccc5)cc4)nn23)c1. The molecule has 0 unspecified atom stereocenters. The number of anilines is 3. The summed E-state index contributed by atoms with van der Waals surface area (Å²) < 4.78 is 7.15. The maximum atomic E-state index is 12.5. The molecule has 0 aliphatic rings. The van der Waals surface area contributed by atoms with Crippen molar-refractivity contribution in [2.24, 2.45) is 0 Å². The van der Waals surface area contributed by atoms with Crippen molar-refractivity contribution in [1.82, 2.24) is 19.9 Å². The standard InChI is InChI=1S/C28H26N6O2/c1-36-24-10-5-7-21(19-24)25-11-6-12-26-32-28(33-34(25)26)31-23-15-13-20(14-16-23)27(35)30-18-17-29-22-8-3-2-4-9-22/h2-16,19,29H,17-18H2,1H3,(H,30,35)(H,31,33). The average Bonchev–Trinajstić information content (AvgIpc) is 3.34. The first kappa shape index (κ1) is 22.9. The number of fused-ring (bicyclic) bond motifs is 1. The highest BCUT2D eigenvalue weighted by Gasteiger charge is 2.11. The van der Waals surface area contributed by atoms with Gasteiger partial charge in [-0.15, -0.1) is 5.10 Å². The van der Waals surface area contributed by atoms with Gasteiger partial charge in [-0.25, -0.2) is 4.52 Å². The van der Waals surface area contributed by atoms with Gasteiger partial charge in [0.25, 0.3) is 5.91 Å². The lowest BCUT2D eigenvalue weighted by Gasteiger charge is -2.08. The average molecular weight is 479 g/mol. The van der Waals surface area contributed by atoms with Crippen LogP contribution in [0.2, 0.25) is 0 Å². The van der Waals surface area contributed by atoms with Crippen molar-refractivity contribution in [3.8, 4) is 17.0 Å². The van der Waals surface area contributed by atoms with Gasteiger partial charge in [0.2, 0.25) is 5.95 Å². The molecule has 0 saturated heterocycles. The molecule has 3 N–H and O–H groups in total. The number of amides is 1. The topological polar surface area (TPSA) is 92.6 Å². The molecule has 0 spiro atoms. The quantitative estimate of drug-likeness (QED) is 0.259. The van der Waals surface area contributed by atoms with Crippen LogP contribution in [0.4, 0.5) is 17.3 Å². The van der Waals surface area contributed by atoms with E-state index in [1.165, 1.54) is 0 Å². The molecule has 8 nitrogen and oxygen atoms in total. The molecule has 180 valence electrons. The number of benzene rings is 3. The first-order valence-corrected chi connectivity index (χ1v) is 11.6. The van der Waals surface area contributed by atoms with Crippen molar-refractivity contribution >= 4 is 28.9 Å². The van der Waals surface area contributed by atoms with E-state index >= 15 is 0 Å². The van der Waals surface area contributed by atoms with Gasteiger partial charge in [-0.3, -0.25) is 4.79 Å². The van der Waals surface area contributed by atoms with Crippen LogP contribution in [0.1, 0.15) is 10.4 Å². The number of nitrogens with zero attached hydrogens (tertiary/aromatic N) is 3. The van der Waals surface area contributed by atoms with E-state index in [9.17, 15) is 4.79 Å². The molecule has 3 aromatic carbocycles. The smallest absolute Gasteiger partial charge is 0.251 e. The maximum Gasteiger partial charge on any atom is 0.251 e. The van der Waals surface area contributed by atoms with Crippen molar-refractivity contribution in [3.63, 3.8) is 0 Å². The molecule has 8 heteroatoms. The summed E-state index contributed by atoms with van der Waals surface area (Å²) in [5, 5.41) is 14.1. The molecular formula is C28H26N6O2. The number of para-hydroxylation sites is 1. The summed E-state index contributed by atoms with van der Waals surface area (Å²) in [6.07, 6.45) is 0. The second kappa shape index (κ2) is 10.6. The number of hydrogen-bond acceptors (Lipinski definition) is 6. The highest BCUT2D eigenvalue weighted by atomic mass is 16.5. The summed E-state index contributed by atoms with van der Waals surface area (Å²) in [7, 11) is 1.65. The minimum Gasteiger partial charge on any atom is -0.497 e. The van der Waals surface area contributed by atoms with Gasteiger partial charge >= 0.3 is 0 Å². The number of carbonyl (C=O) groups is 1. The fraction of sp³-hybridized carbons (Fsp3) is 0.107. The Kier molecular flexibility index (Phi) is 6.75. The van der Waals surface area contributed by atoms with Crippen LogP contribution in [-0.4, -0.2) is 40.7 Å². The van der Waals surface area contributed by atoms with Crippen LogP contribution < -0.4 is 20.7 Å². The summed E-state index contributed by atoms with van der Waals surface area (Å²) in [5.74, 6) is 1.12. The van der Waals surface area contributed by atoms with Crippen molar-refractivity contribution in [3.05, 3.63) is 103 Å². The lowest BCUT2D eigenvalue weighted by Crippen LogP contribution is -2.28. The molecule has 0 aliphatic heterocycles. The van der Waals surface area contributed by atoms with Crippen LogP contribution in [0.15, 0.2) is 97.1 Å². The normalized spacial score (nSPS) is 10.7. The van der Waals surface area contributed by atoms with E-state index in [1.807, 2.05) is 84.9 Å². The highest BCUT2D eigenvalue weighted by molar-refractivity contribution is 5.94. The van der Waals surface area contributed by atoms with Gasteiger partial charge in [0.05, 0.1) is 12.8 Å². The molecule has 1 amide bonds. The zero-order valence-electron chi connectivity index (χ0n) is 19.8. The van der Waals surface area contributed by atoms with Gasteiger partial charge in [0, 0.05) is 35.6 Å². The molecule has 0 fully saturated rings. The van der Waals surface area contributed by atoms with Gasteiger partial charge in [0.15, 0.2) is 5.65 Å². The van der Waals surface area contributed by atoms with Gasteiger partial charge in [0.1, 0.15) is 5.75 Å². The van der Waals surface area contributed by atoms with E-state index in [-0.39, 0.29) is 5.91 Å². The molecule has 36 heavy (non-hydrogen) atoms. The second-order valence-corrected chi connectivity index (χ2v) is 8.10. The van der Waals surface area contributed by atoms with E-state index in [0.29, 0.717) is 24.6 Å². The number of aromatic nitrogens is 3. The van der Waals surface area contributed by atoms with Crippen LogP contribution in [0, 0.1) is 0 Å². The Morgan fingerprint density at radius 3 is 2.47 bits per heavy atom. The fourth-order valence-electron chi connectivity index (χ4n) is 3.83. The Bertz CT molecular complexity index is 1460. The third kappa shape index (κ3) is 5.28. The van der Waals surface area contributed by atoms with E-state index < -0.39 is 0 Å². The van der Waals surface area contributed by atoms with Crippen LogP contribution in [0.25, 0.3) is 16.9 Å². The summed E-state index contributed by atoms with van der Waals surface area (Å²) in [6.45, 7) is 1.17. The Balaban J connectivity index is 1.22. The minimum atomic E-state index is -0.120. The molecule has 0 bridgehead atoms. The Morgan fingerprint density at radius 1 is 0.861 bits per heavy atom. The van der Waals surface area contributed by atoms with Crippen molar-refractivity contribution in [1.29, 1.82) is 0 Å². The number of carbonyl (C=O) groups excluding carboxylic acids is 1. The molecular weight excluding hydrogens is 452 g/mol. The monoisotopic (exact) mass is 478 g/mol. The molecule has 0 saturated carbocycles. The fourth-order valence-corrected chi connectivity index (χ4v) is 3.83. The van der Waals surface area contributed by atoms with Crippen molar-refractivity contribution in [2.45, 2.75) is 0 Å². The number of nitrogens with one attached hydrogen (secondary N) is 3. The second-order valence-electron chi connectivity index (χ2n) is 8.10. The summed E-state index contributed by atoms with van der Waals surface area (Å²) >= 11 is 0. The number of pyridine rings is 1. The molecule has 0 aliphatic carbocycles. The molecule has 0 atom stereocenters. The van der Waals surface area contributed by atoms with Gasteiger partial charge in [-0.05, 0) is 60.7 Å². The summed E-state index contributed by atoms with van der Waals surface area (Å²) in [4.78, 5) is 17.1. The van der Waals surface area contributed by atoms with Crippen LogP contribution in [0.3, 0.4) is 0 Å². The molecule has 5 rings (SSSR count). The Morgan fingerprint density at radius 2 is 1.67 bits per heavy atom. The van der Waals surface area contributed by atoms with Crippen LogP contribution in [-0.2, 0) is 0 Å². The lowest BCUT2D eigenvalue weighted by molar-refractivity contribution is 0.0955. The first-order valence-electron chi connectivity index (χ1n) is 11.6. The van der Waals surface area contributed by atoms with E-state index in [4.69, 9.17) is 4.74 Å². The number of ether oxygens (including phenoxy) is 1. The Hall–Kier alpha value is -4.85. The molecule has 2 aromatic heterocycles. The number of methoxy groups -OCH3 is 1. The molecule has 2 heterocycles. The maximum absolute atomic E-state index is 12.5. The van der Waals surface area contributed by atoms with Gasteiger partial charge in [-0.1, -0.05) is 36.4 Å². The van der Waals surface area contributed by atoms with Crippen LogP contribution >= 0.6 is 0 Å². The summed E-state index contributed by atoms with van der Waals surface area (Å²) in [6, 6.07) is 30.8. The predicted octanol–water partition coefficient (Wildman–Crippen LogP) is 4.99. The molecule has 0 radical (unpaired) electrons. The molecule has 5 aromatic rings. The minimum absolute atomic E-state index is 0.120. The first-order chi connectivity index (χ1) is 17.7. The zero-order valence-corrected chi connectivity index (χ0v) is 19.8. The zero-order chi connectivity index (χ0) is 24.7. The van der Waals surface area contributed by atoms with E-state index in [2.05, 4.69) is 26.0 Å². The highest BCUT2D eigenvalue weighted by Crippen LogP contribution is 2.25. The third-order valence-electron chi connectivity index (χ3n) is 5.64. The van der Waals surface area contributed by atoms with Crippen LogP contribution in [0.5, 0.6) is 5.75 Å². The van der Waals surface area contributed by atoms with Crippen molar-refractivity contribution in [2.75, 3.05) is 30.8 Å². The summed E-state index contributed by atoms with van der Waals surface area (Å²) in [5.41, 5.74) is 5.00. The largest absolute Gasteiger partial charge is 0.497 e. The predicted molar refractivity (Wildman–Crippen MR) is 142 cm³/mol. The Labute approximate surface area is 209 Å². The van der Waals surface area contributed by atoms with Crippen molar-refractivity contribution < 1.29 is 9.53 Å². The number of rotatable bonds is 9. The van der Waals surface area contributed by atoms with E-state index in [1.54, 1.807) is 23.8 Å². The van der Waals surface area contributed by atoms with Gasteiger partial charge in [-0.2, -0.15) is 4.98 Å². The lowest BCUT2D eigenvalue weighted by atomic mass is 10.1. The number of hydrogen-bond donors (Lipinski definition) is 3. The van der Waals surface area contributed by atoms with E-state index in [0.717, 1.165) is 34.0 Å².